The molecule has 0 saturated carbocycles. The van der Waals surface area contributed by atoms with Crippen molar-refractivity contribution < 1.29 is 9.53 Å². The lowest BCUT2D eigenvalue weighted by Gasteiger charge is -2.26. The third-order valence-corrected chi connectivity index (χ3v) is 3.68. The first-order valence-electron chi connectivity index (χ1n) is 8.05. The Bertz CT molecular complexity index is 471. The number of ether oxygens (including phenoxy) is 1. The largest absolute Gasteiger partial charge is 0.444 e. The zero-order valence-corrected chi connectivity index (χ0v) is 13.8. The SMILES string of the molecule is CC(C)(C)OC(=O)N1CCC[C@@H](NCc2ccccn2)CC1. The molecule has 1 aromatic rings. The van der Waals surface area contributed by atoms with E-state index in [1.807, 2.05) is 50.1 Å². The van der Waals surface area contributed by atoms with E-state index in [1.165, 1.54) is 0 Å². The number of carbonyl (C=O) groups is 1. The number of amides is 1. The number of hydrogen-bond acceptors (Lipinski definition) is 4. The first-order chi connectivity index (χ1) is 10.4. The van der Waals surface area contributed by atoms with Crippen LogP contribution >= 0.6 is 0 Å². The van der Waals surface area contributed by atoms with Gasteiger partial charge in [0.2, 0.25) is 0 Å². The molecule has 1 aromatic heterocycles. The minimum atomic E-state index is -0.431. The molecule has 2 rings (SSSR count). The van der Waals surface area contributed by atoms with Crippen molar-refractivity contribution in [3.63, 3.8) is 0 Å². The maximum Gasteiger partial charge on any atom is 0.410 e. The first kappa shape index (κ1) is 16.7. The van der Waals surface area contributed by atoms with Crippen LogP contribution in [-0.4, -0.2) is 40.7 Å². The molecule has 0 radical (unpaired) electrons. The van der Waals surface area contributed by atoms with Crippen molar-refractivity contribution in [3.8, 4) is 0 Å². The van der Waals surface area contributed by atoms with Crippen LogP contribution in [-0.2, 0) is 11.3 Å². The van der Waals surface area contributed by atoms with E-state index < -0.39 is 5.60 Å². The van der Waals surface area contributed by atoms with E-state index in [-0.39, 0.29) is 6.09 Å². The molecule has 1 N–H and O–H groups in total. The normalized spacial score (nSPS) is 19.6. The molecule has 1 aliphatic heterocycles. The lowest BCUT2D eigenvalue weighted by atomic mass is 10.1. The van der Waals surface area contributed by atoms with Crippen molar-refractivity contribution in [1.82, 2.24) is 15.2 Å². The van der Waals surface area contributed by atoms with Crippen LogP contribution < -0.4 is 5.32 Å². The fraction of sp³-hybridized carbons (Fsp3) is 0.647. The van der Waals surface area contributed by atoms with Crippen molar-refractivity contribution in [3.05, 3.63) is 30.1 Å². The number of nitrogens with one attached hydrogen (secondary N) is 1. The average Bonchev–Trinajstić information content (AvgIpc) is 2.70. The topological polar surface area (TPSA) is 54.5 Å². The average molecular weight is 305 g/mol. The Morgan fingerprint density at radius 3 is 2.86 bits per heavy atom. The molecular weight excluding hydrogens is 278 g/mol. The van der Waals surface area contributed by atoms with Crippen LogP contribution in [0.25, 0.3) is 0 Å². The van der Waals surface area contributed by atoms with Crippen LogP contribution in [0.4, 0.5) is 4.79 Å². The second-order valence-electron chi connectivity index (χ2n) is 6.80. The van der Waals surface area contributed by atoms with E-state index in [4.69, 9.17) is 4.74 Å². The highest BCUT2D eigenvalue weighted by Crippen LogP contribution is 2.15. The molecule has 5 nitrogen and oxygen atoms in total. The molecule has 0 aliphatic carbocycles. The van der Waals surface area contributed by atoms with Gasteiger partial charge in [-0.1, -0.05) is 6.07 Å². The molecule has 122 valence electrons. The second kappa shape index (κ2) is 7.58. The first-order valence-corrected chi connectivity index (χ1v) is 8.05. The van der Waals surface area contributed by atoms with E-state index in [1.54, 1.807) is 0 Å². The molecule has 22 heavy (non-hydrogen) atoms. The Morgan fingerprint density at radius 2 is 2.18 bits per heavy atom. The van der Waals surface area contributed by atoms with Crippen molar-refractivity contribution >= 4 is 6.09 Å². The third kappa shape index (κ3) is 5.64. The quantitative estimate of drug-likeness (QED) is 0.933. The van der Waals surface area contributed by atoms with E-state index >= 15 is 0 Å². The van der Waals surface area contributed by atoms with Crippen LogP contribution in [0.2, 0.25) is 0 Å². The van der Waals surface area contributed by atoms with Crippen LogP contribution in [0.1, 0.15) is 45.7 Å². The summed E-state index contributed by atoms with van der Waals surface area (Å²) in [6.45, 7) is 8.00. The Balaban J connectivity index is 1.78. The summed E-state index contributed by atoms with van der Waals surface area (Å²) in [6.07, 6.45) is 4.64. The highest BCUT2D eigenvalue weighted by molar-refractivity contribution is 5.68. The molecule has 1 fully saturated rings. The maximum absolute atomic E-state index is 12.1. The predicted molar refractivity (Wildman–Crippen MR) is 86.5 cm³/mol. The molecular formula is C17H27N3O2. The number of aromatic nitrogens is 1. The van der Waals surface area contributed by atoms with Crippen molar-refractivity contribution in [2.45, 2.75) is 58.2 Å². The van der Waals surface area contributed by atoms with Gasteiger partial charge in [-0.15, -0.1) is 0 Å². The molecule has 1 amide bonds. The van der Waals surface area contributed by atoms with Crippen molar-refractivity contribution in [1.29, 1.82) is 0 Å². The second-order valence-corrected chi connectivity index (χ2v) is 6.80. The van der Waals surface area contributed by atoms with Crippen LogP contribution in [0.5, 0.6) is 0 Å². The highest BCUT2D eigenvalue weighted by Gasteiger charge is 2.24. The molecule has 0 aromatic carbocycles. The number of nitrogens with zero attached hydrogens (tertiary/aromatic N) is 2. The number of likely N-dealkylation sites (tertiary alicyclic amines) is 1. The summed E-state index contributed by atoms with van der Waals surface area (Å²) >= 11 is 0. The summed E-state index contributed by atoms with van der Waals surface area (Å²) in [4.78, 5) is 18.3. The van der Waals surface area contributed by atoms with Crippen LogP contribution in [0.15, 0.2) is 24.4 Å². The lowest BCUT2D eigenvalue weighted by molar-refractivity contribution is 0.0256. The van der Waals surface area contributed by atoms with Gasteiger partial charge >= 0.3 is 6.09 Å². The summed E-state index contributed by atoms with van der Waals surface area (Å²) in [5, 5.41) is 3.54. The molecule has 5 heteroatoms. The molecule has 2 heterocycles. The molecule has 0 spiro atoms. The monoisotopic (exact) mass is 305 g/mol. The minimum absolute atomic E-state index is 0.196. The van der Waals surface area contributed by atoms with Gasteiger partial charge in [0, 0.05) is 31.9 Å². The number of pyridine rings is 1. The zero-order valence-electron chi connectivity index (χ0n) is 13.8. The van der Waals surface area contributed by atoms with Gasteiger partial charge in [0.15, 0.2) is 0 Å². The van der Waals surface area contributed by atoms with Gasteiger partial charge in [-0.05, 0) is 52.2 Å². The number of hydrogen-bond donors (Lipinski definition) is 1. The molecule has 1 aliphatic rings. The Morgan fingerprint density at radius 1 is 1.36 bits per heavy atom. The van der Waals surface area contributed by atoms with Gasteiger partial charge in [0.25, 0.3) is 0 Å². The van der Waals surface area contributed by atoms with Crippen LogP contribution in [0.3, 0.4) is 0 Å². The molecule has 1 atom stereocenters. The fourth-order valence-corrected chi connectivity index (χ4v) is 2.56. The van der Waals surface area contributed by atoms with Gasteiger partial charge in [-0.2, -0.15) is 0 Å². The Labute approximate surface area is 133 Å². The van der Waals surface area contributed by atoms with Gasteiger partial charge in [0.05, 0.1) is 5.69 Å². The molecule has 0 bridgehead atoms. The summed E-state index contributed by atoms with van der Waals surface area (Å²) in [5.41, 5.74) is 0.621. The summed E-state index contributed by atoms with van der Waals surface area (Å²) in [6, 6.07) is 6.38. The zero-order chi connectivity index (χ0) is 16.0. The van der Waals surface area contributed by atoms with Gasteiger partial charge in [0.1, 0.15) is 5.60 Å². The molecule has 0 unspecified atom stereocenters. The smallest absolute Gasteiger partial charge is 0.410 e. The summed E-state index contributed by atoms with van der Waals surface area (Å²) in [7, 11) is 0. The third-order valence-electron chi connectivity index (χ3n) is 3.68. The predicted octanol–water partition coefficient (Wildman–Crippen LogP) is 2.96. The maximum atomic E-state index is 12.1. The van der Waals surface area contributed by atoms with E-state index in [9.17, 15) is 4.79 Å². The van der Waals surface area contributed by atoms with E-state index in [0.717, 1.165) is 44.6 Å². The summed E-state index contributed by atoms with van der Waals surface area (Å²) < 4.78 is 5.45. The lowest BCUT2D eigenvalue weighted by Crippen LogP contribution is -2.38. The van der Waals surface area contributed by atoms with E-state index in [2.05, 4.69) is 10.3 Å². The van der Waals surface area contributed by atoms with Gasteiger partial charge < -0.3 is 15.0 Å². The highest BCUT2D eigenvalue weighted by atomic mass is 16.6. The van der Waals surface area contributed by atoms with Gasteiger partial charge in [-0.3, -0.25) is 4.98 Å². The standard InChI is InChI=1S/C17H27N3O2/c1-17(2,3)22-16(21)20-11-6-8-14(9-12-20)19-13-15-7-4-5-10-18-15/h4-5,7,10,14,19H,6,8-9,11-13H2,1-3H3/t14-/m1/s1. The van der Waals surface area contributed by atoms with Crippen molar-refractivity contribution in [2.75, 3.05) is 13.1 Å². The summed E-state index contributed by atoms with van der Waals surface area (Å²) in [5.74, 6) is 0. The number of rotatable bonds is 3. The minimum Gasteiger partial charge on any atom is -0.444 e. The fourth-order valence-electron chi connectivity index (χ4n) is 2.56. The Kier molecular flexibility index (Phi) is 5.77. The number of carbonyl (C=O) groups excluding carboxylic acids is 1. The van der Waals surface area contributed by atoms with Crippen molar-refractivity contribution in [2.24, 2.45) is 0 Å². The van der Waals surface area contributed by atoms with E-state index in [0.29, 0.717) is 6.04 Å². The molecule has 1 saturated heterocycles. The van der Waals surface area contributed by atoms with Crippen LogP contribution in [0, 0.1) is 0 Å². The Hall–Kier alpha value is -1.62. The van der Waals surface area contributed by atoms with Gasteiger partial charge in [-0.25, -0.2) is 4.79 Å².